The Bertz CT molecular complexity index is 655. The number of aromatic nitrogens is 1. The summed E-state index contributed by atoms with van der Waals surface area (Å²) in [5.74, 6) is 0.475. The minimum Gasteiger partial charge on any atom is -0.339 e. The summed E-state index contributed by atoms with van der Waals surface area (Å²) >= 11 is 1.61. The first-order valence-corrected chi connectivity index (χ1v) is 11.2. The average molecular weight is 374 g/mol. The van der Waals surface area contributed by atoms with Crippen LogP contribution in [0.25, 0.3) is 0 Å². The van der Waals surface area contributed by atoms with Crippen LogP contribution in [0.5, 0.6) is 0 Å². The number of nitrogens with one attached hydrogen (secondary N) is 1. The van der Waals surface area contributed by atoms with Crippen molar-refractivity contribution in [1.82, 2.24) is 14.6 Å². The van der Waals surface area contributed by atoms with Crippen LogP contribution < -0.4 is 4.72 Å². The molecule has 0 saturated carbocycles. The first-order chi connectivity index (χ1) is 11.3. The monoisotopic (exact) mass is 373 g/mol. The van der Waals surface area contributed by atoms with E-state index >= 15 is 0 Å². The molecular formula is C16H27N3O3S2. The van der Waals surface area contributed by atoms with Crippen molar-refractivity contribution in [2.45, 2.75) is 57.9 Å². The van der Waals surface area contributed by atoms with Gasteiger partial charge in [0.15, 0.2) is 0 Å². The Morgan fingerprint density at radius 3 is 2.83 bits per heavy atom. The van der Waals surface area contributed by atoms with E-state index in [-0.39, 0.29) is 11.9 Å². The third-order valence-electron chi connectivity index (χ3n) is 4.19. The number of piperidine rings is 1. The number of likely N-dealkylation sites (tertiary alicyclic amines) is 1. The number of carbonyl (C=O) groups excluding carboxylic acids is 1. The van der Waals surface area contributed by atoms with Gasteiger partial charge < -0.3 is 4.90 Å². The summed E-state index contributed by atoms with van der Waals surface area (Å²) in [5.41, 5.74) is 0.840. The van der Waals surface area contributed by atoms with Crippen LogP contribution in [0.3, 0.4) is 0 Å². The third kappa shape index (κ3) is 5.82. The predicted molar refractivity (Wildman–Crippen MR) is 96.7 cm³/mol. The SMILES string of the molecule is CC(C)c1nc(CC(=O)N2CCCCC2CCNS(C)(=O)=O)cs1. The van der Waals surface area contributed by atoms with E-state index in [2.05, 4.69) is 23.6 Å². The molecule has 24 heavy (non-hydrogen) atoms. The maximum absolute atomic E-state index is 12.7. The lowest BCUT2D eigenvalue weighted by molar-refractivity contribution is -0.134. The highest BCUT2D eigenvalue weighted by Crippen LogP contribution is 2.23. The molecule has 0 aromatic carbocycles. The first-order valence-electron chi connectivity index (χ1n) is 8.44. The molecule has 8 heteroatoms. The van der Waals surface area contributed by atoms with Crippen molar-refractivity contribution in [1.29, 1.82) is 0 Å². The van der Waals surface area contributed by atoms with Gasteiger partial charge in [-0.3, -0.25) is 4.79 Å². The molecule has 1 aliphatic rings. The molecule has 0 bridgehead atoms. The zero-order chi connectivity index (χ0) is 17.7. The fourth-order valence-electron chi connectivity index (χ4n) is 2.97. The maximum Gasteiger partial charge on any atom is 0.228 e. The normalized spacial score (nSPS) is 19.0. The number of hydrogen-bond acceptors (Lipinski definition) is 5. The summed E-state index contributed by atoms with van der Waals surface area (Å²) in [6, 6.07) is 0.115. The number of hydrogen-bond donors (Lipinski definition) is 1. The Morgan fingerprint density at radius 1 is 1.46 bits per heavy atom. The van der Waals surface area contributed by atoms with Gasteiger partial charge in [-0.15, -0.1) is 11.3 Å². The van der Waals surface area contributed by atoms with Crippen LogP contribution in [-0.4, -0.2) is 49.6 Å². The summed E-state index contributed by atoms with van der Waals surface area (Å²) in [4.78, 5) is 19.1. The van der Waals surface area contributed by atoms with Crippen LogP contribution in [0.2, 0.25) is 0 Å². The molecule has 136 valence electrons. The first kappa shape index (κ1) is 19.3. The number of thiazole rings is 1. The standard InChI is InChI=1S/C16H27N3O3S2/c1-12(2)16-18-13(11-23-16)10-15(20)19-9-5-4-6-14(19)7-8-17-24(3,21)22/h11-12,14,17H,4-10H2,1-3H3. The van der Waals surface area contributed by atoms with E-state index in [9.17, 15) is 13.2 Å². The molecule has 1 atom stereocenters. The van der Waals surface area contributed by atoms with Gasteiger partial charge in [-0.25, -0.2) is 18.1 Å². The minimum atomic E-state index is -3.18. The van der Waals surface area contributed by atoms with E-state index in [1.165, 1.54) is 0 Å². The minimum absolute atomic E-state index is 0.0969. The van der Waals surface area contributed by atoms with Crippen LogP contribution in [-0.2, 0) is 21.2 Å². The fraction of sp³-hybridized carbons (Fsp3) is 0.750. The van der Waals surface area contributed by atoms with Crippen molar-refractivity contribution in [2.75, 3.05) is 19.3 Å². The molecule has 1 saturated heterocycles. The van der Waals surface area contributed by atoms with Crippen LogP contribution >= 0.6 is 11.3 Å². The van der Waals surface area contributed by atoms with Crippen molar-refractivity contribution in [3.63, 3.8) is 0 Å². The molecule has 2 heterocycles. The molecule has 6 nitrogen and oxygen atoms in total. The number of rotatable bonds is 7. The lowest BCUT2D eigenvalue weighted by atomic mass is 9.99. The Kier molecular flexibility index (Phi) is 6.77. The van der Waals surface area contributed by atoms with E-state index in [1.54, 1.807) is 11.3 Å². The zero-order valence-electron chi connectivity index (χ0n) is 14.6. The van der Waals surface area contributed by atoms with Gasteiger partial charge in [0, 0.05) is 30.4 Å². The highest BCUT2D eigenvalue weighted by atomic mass is 32.2. The van der Waals surface area contributed by atoms with Gasteiger partial charge in [0.1, 0.15) is 0 Å². The largest absolute Gasteiger partial charge is 0.339 e. The molecule has 1 N–H and O–H groups in total. The van der Waals surface area contributed by atoms with E-state index in [1.807, 2.05) is 10.3 Å². The molecule has 0 radical (unpaired) electrons. The molecule has 0 spiro atoms. The fourth-order valence-corrected chi connectivity index (χ4v) is 4.29. The second kappa shape index (κ2) is 8.40. The summed E-state index contributed by atoms with van der Waals surface area (Å²) in [7, 11) is -3.18. The average Bonchev–Trinajstić information content (AvgIpc) is 2.95. The molecule has 2 rings (SSSR count). The predicted octanol–water partition coefficient (Wildman–Crippen LogP) is 2.13. The lowest BCUT2D eigenvalue weighted by Crippen LogP contribution is -2.45. The van der Waals surface area contributed by atoms with Crippen LogP contribution in [0, 0.1) is 0 Å². The molecule has 1 aromatic rings. The van der Waals surface area contributed by atoms with Crippen LogP contribution in [0.1, 0.15) is 56.2 Å². The second-order valence-corrected chi connectivity index (χ2v) is 9.42. The number of sulfonamides is 1. The summed E-state index contributed by atoms with van der Waals surface area (Å²) in [6.45, 7) is 5.32. The number of nitrogens with zero attached hydrogens (tertiary/aromatic N) is 2. The Balaban J connectivity index is 1.94. The highest BCUT2D eigenvalue weighted by Gasteiger charge is 2.27. The van der Waals surface area contributed by atoms with Gasteiger partial charge in [-0.1, -0.05) is 13.8 Å². The number of carbonyl (C=O) groups is 1. The molecule has 1 aromatic heterocycles. The molecular weight excluding hydrogens is 346 g/mol. The second-order valence-electron chi connectivity index (χ2n) is 6.70. The van der Waals surface area contributed by atoms with E-state index in [0.29, 0.717) is 25.3 Å². The summed E-state index contributed by atoms with van der Waals surface area (Å²) in [5, 5.41) is 3.03. The lowest BCUT2D eigenvalue weighted by Gasteiger charge is -2.36. The Hall–Kier alpha value is -0.990. The molecule has 1 unspecified atom stereocenters. The van der Waals surface area contributed by atoms with Gasteiger partial charge in [0.2, 0.25) is 15.9 Å². The van der Waals surface area contributed by atoms with Crippen molar-refractivity contribution in [2.24, 2.45) is 0 Å². The molecule has 1 fully saturated rings. The summed E-state index contributed by atoms with van der Waals surface area (Å²) < 4.78 is 24.9. The zero-order valence-corrected chi connectivity index (χ0v) is 16.3. The van der Waals surface area contributed by atoms with Crippen molar-refractivity contribution >= 4 is 27.3 Å². The Labute approximate surface area is 148 Å². The molecule has 0 aliphatic carbocycles. The smallest absolute Gasteiger partial charge is 0.228 e. The van der Waals surface area contributed by atoms with Crippen molar-refractivity contribution in [3.8, 4) is 0 Å². The van der Waals surface area contributed by atoms with Gasteiger partial charge in [0.25, 0.3) is 0 Å². The third-order valence-corrected chi connectivity index (χ3v) is 6.11. The van der Waals surface area contributed by atoms with Gasteiger partial charge >= 0.3 is 0 Å². The van der Waals surface area contributed by atoms with E-state index in [4.69, 9.17) is 0 Å². The molecule has 1 aliphatic heterocycles. The maximum atomic E-state index is 12.7. The van der Waals surface area contributed by atoms with Gasteiger partial charge in [-0.2, -0.15) is 0 Å². The molecule has 1 amide bonds. The topological polar surface area (TPSA) is 79.4 Å². The quantitative estimate of drug-likeness (QED) is 0.794. The van der Waals surface area contributed by atoms with Crippen LogP contribution in [0.15, 0.2) is 5.38 Å². The van der Waals surface area contributed by atoms with E-state index < -0.39 is 10.0 Å². The van der Waals surface area contributed by atoms with Gasteiger partial charge in [0.05, 0.1) is 23.4 Å². The van der Waals surface area contributed by atoms with Crippen molar-refractivity contribution < 1.29 is 13.2 Å². The highest BCUT2D eigenvalue weighted by molar-refractivity contribution is 7.88. The Morgan fingerprint density at radius 2 is 2.21 bits per heavy atom. The van der Waals surface area contributed by atoms with Crippen LogP contribution in [0.4, 0.5) is 0 Å². The van der Waals surface area contributed by atoms with E-state index in [0.717, 1.165) is 42.8 Å². The van der Waals surface area contributed by atoms with Gasteiger partial charge in [-0.05, 0) is 25.7 Å². The summed E-state index contributed by atoms with van der Waals surface area (Å²) in [6.07, 6.45) is 5.18. The number of amides is 1. The van der Waals surface area contributed by atoms with Crippen molar-refractivity contribution in [3.05, 3.63) is 16.1 Å².